The molecule has 1 aromatic rings. The smallest absolute Gasteiger partial charge is 0.372 e. The molecule has 2 nitrogen and oxygen atoms in total. The summed E-state index contributed by atoms with van der Waals surface area (Å²) in [6.07, 6.45) is 2.25. The number of hydrogen-bond acceptors (Lipinski definition) is 2. The van der Waals surface area contributed by atoms with Crippen molar-refractivity contribution >= 4 is 29.7 Å². The number of halogens is 1. The zero-order valence-corrected chi connectivity index (χ0v) is 15.3. The first-order chi connectivity index (χ1) is 9.59. The number of benzene rings is 1. The highest BCUT2D eigenvalue weighted by atomic mass is 79.9. The van der Waals surface area contributed by atoms with Crippen LogP contribution in [0.3, 0.4) is 0 Å². The topological polar surface area (TPSA) is 18.5 Å². The SMILES string of the molecule is C=C(c1ccc(Br)cc1)[Si](CCCC)(OCC)OCC. The highest BCUT2D eigenvalue weighted by molar-refractivity contribution is 9.10. The van der Waals surface area contributed by atoms with Gasteiger partial charge in [-0.1, -0.05) is 54.4 Å². The molecule has 20 heavy (non-hydrogen) atoms. The molecule has 0 saturated carbocycles. The van der Waals surface area contributed by atoms with Crippen LogP contribution in [0.2, 0.25) is 6.04 Å². The van der Waals surface area contributed by atoms with Gasteiger partial charge < -0.3 is 8.85 Å². The summed E-state index contributed by atoms with van der Waals surface area (Å²) in [6.45, 7) is 11.9. The lowest BCUT2D eigenvalue weighted by molar-refractivity contribution is 0.196. The van der Waals surface area contributed by atoms with Gasteiger partial charge in [0.05, 0.1) is 0 Å². The molecule has 0 atom stereocenters. The average Bonchev–Trinajstić information content (AvgIpc) is 2.45. The standard InChI is InChI=1S/C16H25BrO2Si/c1-5-8-13-20(18-6-2,19-7-3)14(4)15-9-11-16(17)12-10-15/h9-12H,4-8,13H2,1-3H3. The fourth-order valence-electron chi connectivity index (χ4n) is 2.26. The fourth-order valence-corrected chi connectivity index (χ4v) is 5.90. The largest absolute Gasteiger partial charge is 0.391 e. The summed E-state index contributed by atoms with van der Waals surface area (Å²) in [5.41, 5.74) is 1.12. The summed E-state index contributed by atoms with van der Waals surface area (Å²) >= 11 is 3.47. The van der Waals surface area contributed by atoms with Gasteiger partial charge in [-0.2, -0.15) is 0 Å². The van der Waals surface area contributed by atoms with Gasteiger partial charge in [0.2, 0.25) is 0 Å². The second-order valence-corrected chi connectivity index (χ2v) is 8.81. The van der Waals surface area contributed by atoms with Crippen LogP contribution in [0, 0.1) is 0 Å². The van der Waals surface area contributed by atoms with E-state index in [1.54, 1.807) is 0 Å². The lowest BCUT2D eigenvalue weighted by Gasteiger charge is -2.32. The van der Waals surface area contributed by atoms with Crippen LogP contribution in [0.5, 0.6) is 0 Å². The maximum absolute atomic E-state index is 6.12. The van der Waals surface area contributed by atoms with Crippen molar-refractivity contribution in [1.29, 1.82) is 0 Å². The second kappa shape index (κ2) is 8.77. The first-order valence-corrected chi connectivity index (χ1v) is 10.1. The van der Waals surface area contributed by atoms with E-state index >= 15 is 0 Å². The van der Waals surface area contributed by atoms with Crippen molar-refractivity contribution in [1.82, 2.24) is 0 Å². The Morgan fingerprint density at radius 1 is 1.10 bits per heavy atom. The Hall–Kier alpha value is -0.423. The molecule has 0 amide bonds. The third kappa shape index (κ3) is 4.55. The molecule has 0 saturated heterocycles. The van der Waals surface area contributed by atoms with E-state index < -0.39 is 8.56 Å². The van der Waals surface area contributed by atoms with Gasteiger partial charge >= 0.3 is 8.56 Å². The summed E-state index contributed by atoms with van der Waals surface area (Å²) in [5.74, 6) is 0. The molecule has 0 spiro atoms. The van der Waals surface area contributed by atoms with E-state index in [4.69, 9.17) is 8.85 Å². The van der Waals surface area contributed by atoms with Crippen LogP contribution in [0.1, 0.15) is 39.2 Å². The van der Waals surface area contributed by atoms with Crippen LogP contribution in [-0.2, 0) is 8.85 Å². The van der Waals surface area contributed by atoms with Crippen molar-refractivity contribution in [3.8, 4) is 0 Å². The second-order valence-electron chi connectivity index (χ2n) is 4.71. The molecule has 0 fully saturated rings. The van der Waals surface area contributed by atoms with Crippen LogP contribution in [0.4, 0.5) is 0 Å². The molecular formula is C16H25BrO2Si. The van der Waals surface area contributed by atoms with Gasteiger partial charge in [0, 0.05) is 17.7 Å². The summed E-state index contributed by atoms with van der Waals surface area (Å²) in [4.78, 5) is 0. The Morgan fingerprint density at radius 2 is 1.65 bits per heavy atom. The number of unbranched alkanes of at least 4 members (excludes halogenated alkanes) is 1. The molecule has 0 aliphatic rings. The summed E-state index contributed by atoms with van der Waals surface area (Å²) in [6, 6.07) is 9.21. The van der Waals surface area contributed by atoms with E-state index in [0.717, 1.165) is 34.1 Å². The Morgan fingerprint density at radius 3 is 2.10 bits per heavy atom. The van der Waals surface area contributed by atoms with Gasteiger partial charge in [0.15, 0.2) is 0 Å². The molecule has 0 unspecified atom stereocenters. The van der Waals surface area contributed by atoms with Crippen LogP contribution in [-0.4, -0.2) is 21.8 Å². The molecular weight excluding hydrogens is 332 g/mol. The quantitative estimate of drug-likeness (QED) is 0.557. The predicted molar refractivity (Wildman–Crippen MR) is 91.9 cm³/mol. The minimum atomic E-state index is -2.39. The summed E-state index contributed by atoms with van der Waals surface area (Å²) < 4.78 is 13.3. The Kier molecular flexibility index (Phi) is 7.73. The average molecular weight is 357 g/mol. The maximum atomic E-state index is 6.12. The van der Waals surface area contributed by atoms with Gasteiger partial charge in [0.1, 0.15) is 0 Å². The molecule has 1 aromatic carbocycles. The lowest BCUT2D eigenvalue weighted by atomic mass is 10.2. The molecule has 0 heterocycles. The van der Waals surface area contributed by atoms with Crippen LogP contribution >= 0.6 is 15.9 Å². The monoisotopic (exact) mass is 356 g/mol. The summed E-state index contributed by atoms with van der Waals surface area (Å²) in [5, 5.41) is 1.04. The van der Waals surface area contributed by atoms with Crippen molar-refractivity contribution in [2.45, 2.75) is 39.7 Å². The predicted octanol–water partition coefficient (Wildman–Crippen LogP) is 5.32. The van der Waals surface area contributed by atoms with Gasteiger partial charge in [-0.3, -0.25) is 0 Å². The van der Waals surface area contributed by atoms with E-state index in [1.165, 1.54) is 0 Å². The molecule has 4 heteroatoms. The van der Waals surface area contributed by atoms with Crippen molar-refractivity contribution in [3.05, 3.63) is 40.9 Å². The van der Waals surface area contributed by atoms with E-state index in [1.807, 2.05) is 26.0 Å². The first-order valence-electron chi connectivity index (χ1n) is 7.32. The van der Waals surface area contributed by atoms with Crippen LogP contribution in [0.25, 0.3) is 5.20 Å². The molecule has 0 aromatic heterocycles. The Labute approximate surface area is 132 Å². The Bertz CT molecular complexity index is 411. The molecule has 0 radical (unpaired) electrons. The third-order valence-corrected chi connectivity index (χ3v) is 7.53. The van der Waals surface area contributed by atoms with E-state index in [-0.39, 0.29) is 0 Å². The number of hydrogen-bond donors (Lipinski definition) is 0. The van der Waals surface area contributed by atoms with Gasteiger partial charge in [0.25, 0.3) is 0 Å². The van der Waals surface area contributed by atoms with Crippen molar-refractivity contribution in [2.24, 2.45) is 0 Å². The number of rotatable bonds is 9. The molecule has 0 aliphatic carbocycles. The minimum Gasteiger partial charge on any atom is -0.391 e. The maximum Gasteiger partial charge on any atom is 0.372 e. The zero-order valence-electron chi connectivity index (χ0n) is 12.7. The van der Waals surface area contributed by atoms with E-state index in [0.29, 0.717) is 13.2 Å². The molecule has 0 N–H and O–H groups in total. The summed E-state index contributed by atoms with van der Waals surface area (Å²) in [7, 11) is -2.39. The molecule has 0 aliphatic heterocycles. The van der Waals surface area contributed by atoms with Crippen molar-refractivity contribution in [3.63, 3.8) is 0 Å². The minimum absolute atomic E-state index is 0.672. The van der Waals surface area contributed by atoms with E-state index in [9.17, 15) is 0 Å². The first kappa shape index (κ1) is 17.6. The molecule has 112 valence electrons. The highest BCUT2D eigenvalue weighted by Gasteiger charge is 2.40. The third-order valence-electron chi connectivity index (χ3n) is 3.27. The zero-order chi connectivity index (χ0) is 15.0. The normalized spacial score (nSPS) is 11.6. The van der Waals surface area contributed by atoms with Gasteiger partial charge in [-0.05, 0) is 42.8 Å². The van der Waals surface area contributed by atoms with Crippen molar-refractivity contribution < 1.29 is 8.85 Å². The molecule has 0 bridgehead atoms. The van der Waals surface area contributed by atoms with Crippen LogP contribution < -0.4 is 0 Å². The lowest BCUT2D eigenvalue weighted by Crippen LogP contribution is -2.43. The Balaban J connectivity index is 3.05. The fraction of sp³-hybridized carbons (Fsp3) is 0.500. The van der Waals surface area contributed by atoms with Gasteiger partial charge in [-0.15, -0.1) is 0 Å². The van der Waals surface area contributed by atoms with Crippen LogP contribution in [0.15, 0.2) is 35.3 Å². The van der Waals surface area contributed by atoms with Gasteiger partial charge in [-0.25, -0.2) is 0 Å². The van der Waals surface area contributed by atoms with Crippen molar-refractivity contribution in [2.75, 3.05) is 13.2 Å². The highest BCUT2D eigenvalue weighted by Crippen LogP contribution is 2.32. The molecule has 1 rings (SSSR count). The van der Waals surface area contributed by atoms with E-state index in [2.05, 4.69) is 41.6 Å².